The zero-order valence-corrected chi connectivity index (χ0v) is 19.5. The van der Waals surface area contributed by atoms with Gasteiger partial charge >= 0.3 is 5.97 Å². The third kappa shape index (κ3) is 4.85. The van der Waals surface area contributed by atoms with E-state index in [1.807, 2.05) is 0 Å². The minimum Gasteiger partial charge on any atom is -0.493 e. The molecule has 1 aromatic rings. The van der Waals surface area contributed by atoms with Crippen molar-refractivity contribution in [2.75, 3.05) is 47.0 Å². The van der Waals surface area contributed by atoms with Crippen molar-refractivity contribution in [2.24, 2.45) is 23.7 Å². The molecule has 0 aromatic heterocycles. The van der Waals surface area contributed by atoms with Crippen molar-refractivity contribution in [3.8, 4) is 11.5 Å². The van der Waals surface area contributed by atoms with Crippen LogP contribution in [0.2, 0.25) is 0 Å². The molecule has 1 N–H and O–H groups in total. The molecule has 1 aromatic carbocycles. The fraction of sp³-hybridized carbons (Fsp3) is 0.720. The highest BCUT2D eigenvalue weighted by atomic mass is 16.5. The number of piperidine rings is 1. The van der Waals surface area contributed by atoms with Crippen molar-refractivity contribution in [2.45, 2.75) is 45.6 Å². The lowest BCUT2D eigenvalue weighted by Gasteiger charge is -2.47. The van der Waals surface area contributed by atoms with Crippen LogP contribution in [-0.2, 0) is 16.0 Å². The summed E-state index contributed by atoms with van der Waals surface area (Å²) >= 11 is 0. The maximum absolute atomic E-state index is 12.5. The van der Waals surface area contributed by atoms with Gasteiger partial charge in [0.2, 0.25) is 0 Å². The van der Waals surface area contributed by atoms with E-state index in [0.717, 1.165) is 56.9 Å². The lowest BCUT2D eigenvalue weighted by molar-refractivity contribution is -0.151. The molecule has 4 atom stereocenters. The molecule has 0 spiro atoms. The molecule has 0 radical (unpaired) electrons. The normalized spacial score (nSPS) is 28.2. The van der Waals surface area contributed by atoms with Crippen LogP contribution in [0.3, 0.4) is 0 Å². The number of nitrogens with zero attached hydrogens (tertiary/aromatic N) is 1. The largest absolute Gasteiger partial charge is 0.493 e. The van der Waals surface area contributed by atoms with Gasteiger partial charge in [0.1, 0.15) is 0 Å². The van der Waals surface area contributed by atoms with Gasteiger partial charge in [0, 0.05) is 25.7 Å². The number of esters is 1. The Balaban J connectivity index is 1.53. The molecule has 0 saturated carbocycles. The molecule has 2 saturated heterocycles. The molecule has 3 aliphatic rings. The molecule has 0 aliphatic carbocycles. The summed E-state index contributed by atoms with van der Waals surface area (Å²) in [5, 5.41) is 3.26. The predicted octanol–water partition coefficient (Wildman–Crippen LogP) is 3.44. The van der Waals surface area contributed by atoms with Crippen LogP contribution >= 0.6 is 0 Å². The Morgan fingerprint density at radius 2 is 1.97 bits per heavy atom. The van der Waals surface area contributed by atoms with Gasteiger partial charge in [-0.25, -0.2) is 0 Å². The Bertz CT molecular complexity index is 775. The third-order valence-electron chi connectivity index (χ3n) is 7.38. The van der Waals surface area contributed by atoms with Crippen LogP contribution in [0.4, 0.5) is 0 Å². The second kappa shape index (κ2) is 9.78. The van der Waals surface area contributed by atoms with Crippen molar-refractivity contribution < 1.29 is 19.0 Å². The number of carbonyl (C=O) groups excluding carboxylic acids is 1. The summed E-state index contributed by atoms with van der Waals surface area (Å²) in [6.07, 6.45) is 4.13. The van der Waals surface area contributed by atoms with Crippen LogP contribution in [0.5, 0.6) is 11.5 Å². The Hall–Kier alpha value is -1.79. The Kier molecular flexibility index (Phi) is 7.07. The van der Waals surface area contributed by atoms with Crippen LogP contribution in [-0.4, -0.2) is 57.9 Å². The number of carbonyl (C=O) groups is 1. The van der Waals surface area contributed by atoms with Crippen molar-refractivity contribution in [3.05, 3.63) is 23.3 Å². The van der Waals surface area contributed by atoms with Gasteiger partial charge in [0.05, 0.1) is 26.7 Å². The number of hydrogen-bond donors (Lipinski definition) is 1. The van der Waals surface area contributed by atoms with Gasteiger partial charge in [-0.3, -0.25) is 9.69 Å². The van der Waals surface area contributed by atoms with Crippen molar-refractivity contribution in [1.29, 1.82) is 0 Å². The summed E-state index contributed by atoms with van der Waals surface area (Å²) in [6.45, 7) is 8.94. The SMILES string of the molecule is COc1cc2c(cc1OC)[C@H]1C[C@@H](COC(=O)[C@H]3CCNC3)[C@H](CC(C)C)CN1CC2. The monoisotopic (exact) mass is 430 g/mol. The third-order valence-corrected chi connectivity index (χ3v) is 7.38. The molecular weight excluding hydrogens is 392 g/mol. The van der Waals surface area contributed by atoms with Crippen LogP contribution in [0.25, 0.3) is 0 Å². The Morgan fingerprint density at radius 3 is 2.65 bits per heavy atom. The van der Waals surface area contributed by atoms with Crippen molar-refractivity contribution in [1.82, 2.24) is 10.2 Å². The smallest absolute Gasteiger partial charge is 0.310 e. The van der Waals surface area contributed by atoms with Gasteiger partial charge in [0.15, 0.2) is 11.5 Å². The first-order chi connectivity index (χ1) is 15.0. The summed E-state index contributed by atoms with van der Waals surface area (Å²) in [5.41, 5.74) is 2.71. The minimum absolute atomic E-state index is 0.0221. The average Bonchev–Trinajstić information content (AvgIpc) is 3.31. The minimum atomic E-state index is -0.0221. The average molecular weight is 431 g/mol. The number of rotatable bonds is 7. The fourth-order valence-corrected chi connectivity index (χ4v) is 5.74. The predicted molar refractivity (Wildman–Crippen MR) is 121 cm³/mol. The number of benzene rings is 1. The van der Waals surface area contributed by atoms with Crippen LogP contribution < -0.4 is 14.8 Å². The molecule has 6 heteroatoms. The van der Waals surface area contributed by atoms with Gasteiger partial charge in [0.25, 0.3) is 0 Å². The van der Waals surface area contributed by atoms with E-state index in [9.17, 15) is 4.79 Å². The van der Waals surface area contributed by atoms with Gasteiger partial charge in [-0.1, -0.05) is 13.8 Å². The molecule has 3 aliphatic heterocycles. The topological polar surface area (TPSA) is 60.0 Å². The van der Waals surface area contributed by atoms with Crippen molar-refractivity contribution in [3.63, 3.8) is 0 Å². The molecular formula is C25H38N2O4. The zero-order chi connectivity index (χ0) is 22.0. The van der Waals surface area contributed by atoms with E-state index in [2.05, 4.69) is 36.2 Å². The van der Waals surface area contributed by atoms with Gasteiger partial charge in [-0.2, -0.15) is 0 Å². The second-order valence-corrected chi connectivity index (χ2v) is 9.87. The van der Waals surface area contributed by atoms with Gasteiger partial charge in [-0.05, 0) is 73.2 Å². The van der Waals surface area contributed by atoms with Crippen LogP contribution in [0, 0.1) is 23.7 Å². The highest BCUT2D eigenvalue weighted by Gasteiger charge is 2.40. The first kappa shape index (κ1) is 22.4. The van der Waals surface area contributed by atoms with Crippen molar-refractivity contribution >= 4 is 5.97 Å². The standard InChI is InChI=1S/C25H38N2O4/c1-16(2)9-19-14-27-8-6-17-11-23(29-3)24(30-4)12-21(17)22(27)10-20(19)15-31-25(28)18-5-7-26-13-18/h11-12,16,18-20,22,26H,5-10,13-15H2,1-4H3/t18-,19+,20-,22+/m0/s1. The summed E-state index contributed by atoms with van der Waals surface area (Å²) in [7, 11) is 3.39. The highest BCUT2D eigenvalue weighted by molar-refractivity contribution is 5.73. The van der Waals surface area contributed by atoms with E-state index >= 15 is 0 Å². The number of methoxy groups -OCH3 is 2. The van der Waals surface area contributed by atoms with E-state index in [1.54, 1.807) is 14.2 Å². The Morgan fingerprint density at radius 1 is 1.19 bits per heavy atom. The summed E-state index contributed by atoms with van der Waals surface area (Å²) in [4.78, 5) is 15.2. The first-order valence-corrected chi connectivity index (χ1v) is 11.9. The van der Waals surface area contributed by atoms with Crippen LogP contribution in [0.1, 0.15) is 50.3 Å². The molecule has 0 unspecified atom stereocenters. The molecule has 31 heavy (non-hydrogen) atoms. The quantitative estimate of drug-likeness (QED) is 0.669. The van der Waals surface area contributed by atoms with Crippen LogP contribution in [0.15, 0.2) is 12.1 Å². The van der Waals surface area contributed by atoms with E-state index < -0.39 is 0 Å². The number of hydrogen-bond acceptors (Lipinski definition) is 6. The first-order valence-electron chi connectivity index (χ1n) is 11.9. The van der Waals surface area contributed by atoms with E-state index in [1.165, 1.54) is 17.5 Å². The summed E-state index contributed by atoms with van der Waals surface area (Å²) in [6, 6.07) is 4.67. The lowest BCUT2D eigenvalue weighted by atomic mass is 9.74. The second-order valence-electron chi connectivity index (χ2n) is 9.87. The lowest BCUT2D eigenvalue weighted by Crippen LogP contribution is -2.47. The molecule has 6 nitrogen and oxygen atoms in total. The highest BCUT2D eigenvalue weighted by Crippen LogP contribution is 2.45. The number of ether oxygens (including phenoxy) is 3. The van der Waals surface area contributed by atoms with E-state index in [0.29, 0.717) is 30.4 Å². The van der Waals surface area contributed by atoms with E-state index in [4.69, 9.17) is 14.2 Å². The van der Waals surface area contributed by atoms with E-state index in [-0.39, 0.29) is 11.9 Å². The maximum Gasteiger partial charge on any atom is 0.310 e. The van der Waals surface area contributed by atoms with Gasteiger partial charge < -0.3 is 19.5 Å². The summed E-state index contributed by atoms with van der Waals surface area (Å²) in [5.74, 6) is 3.19. The molecule has 2 fully saturated rings. The fourth-order valence-electron chi connectivity index (χ4n) is 5.74. The summed E-state index contributed by atoms with van der Waals surface area (Å²) < 4.78 is 17.0. The number of fused-ring (bicyclic) bond motifs is 3. The zero-order valence-electron chi connectivity index (χ0n) is 19.5. The van der Waals surface area contributed by atoms with Gasteiger partial charge in [-0.15, -0.1) is 0 Å². The molecule has 3 heterocycles. The number of nitrogens with one attached hydrogen (secondary N) is 1. The molecule has 4 rings (SSSR count). The molecule has 0 amide bonds. The maximum atomic E-state index is 12.5. The Labute approximate surface area is 186 Å². The molecule has 0 bridgehead atoms. The molecule has 172 valence electrons.